The van der Waals surface area contributed by atoms with E-state index in [0.29, 0.717) is 35.6 Å². The molecule has 252 valence electrons. The molecule has 1 saturated carbocycles. The molecule has 9 nitrogen and oxygen atoms in total. The zero-order chi connectivity index (χ0) is 34.4. The third kappa shape index (κ3) is 4.53. The number of hydrogen-bond donors (Lipinski definition) is 1. The van der Waals surface area contributed by atoms with E-state index >= 15 is 0 Å². The molecule has 0 aromatic heterocycles. The molecule has 4 amide bonds. The van der Waals surface area contributed by atoms with Gasteiger partial charge in [0.25, 0.3) is 11.8 Å². The Morgan fingerprint density at radius 1 is 0.816 bits per heavy atom. The van der Waals surface area contributed by atoms with Crippen molar-refractivity contribution in [2.75, 3.05) is 41.0 Å². The Bertz CT molecular complexity index is 1950. The van der Waals surface area contributed by atoms with Gasteiger partial charge in [-0.25, -0.2) is 9.29 Å². The predicted molar refractivity (Wildman–Crippen MR) is 181 cm³/mol. The molecule has 6 atom stereocenters. The normalized spacial score (nSPS) is 31.1. The zero-order valence-electron chi connectivity index (χ0n) is 26.4. The maximum absolute atomic E-state index is 14.5. The van der Waals surface area contributed by atoms with Crippen molar-refractivity contribution in [1.82, 2.24) is 0 Å². The molecule has 49 heavy (non-hydrogen) atoms. The molecule has 4 fully saturated rings. The third-order valence-corrected chi connectivity index (χ3v) is 12.3. The van der Waals surface area contributed by atoms with Gasteiger partial charge < -0.3 is 14.7 Å². The van der Waals surface area contributed by atoms with Crippen LogP contribution in [-0.4, -0.2) is 64.8 Å². The number of aryl methyl sites for hydroxylation is 1. The van der Waals surface area contributed by atoms with Gasteiger partial charge in [0.1, 0.15) is 11.6 Å². The highest BCUT2D eigenvalue weighted by Crippen LogP contribution is 2.66. The van der Waals surface area contributed by atoms with Crippen LogP contribution in [0.15, 0.2) is 78.4 Å². The first-order valence-corrected chi connectivity index (χ1v) is 17.0. The minimum Gasteiger partial charge on any atom is -0.508 e. The molecule has 0 bridgehead atoms. The molecule has 3 heterocycles. The Morgan fingerprint density at radius 2 is 1.45 bits per heavy atom. The average molecular weight is 705 g/mol. The Morgan fingerprint density at radius 3 is 2.12 bits per heavy atom. The van der Waals surface area contributed by atoms with Gasteiger partial charge in [0, 0.05) is 24.7 Å². The molecule has 1 N–H and O–H groups in total. The number of ether oxygens (including phenoxy) is 1. The molecular formula is C37H32Cl2FN3O6. The molecule has 3 aromatic carbocycles. The van der Waals surface area contributed by atoms with Crippen LogP contribution in [0.3, 0.4) is 0 Å². The van der Waals surface area contributed by atoms with Gasteiger partial charge in [-0.2, -0.15) is 0 Å². The fourth-order valence-electron chi connectivity index (χ4n) is 8.52. The van der Waals surface area contributed by atoms with E-state index in [1.807, 2.05) is 18.2 Å². The number of alkyl halides is 2. The molecular weight excluding hydrogens is 672 g/mol. The van der Waals surface area contributed by atoms with Crippen LogP contribution in [0.25, 0.3) is 0 Å². The van der Waals surface area contributed by atoms with Gasteiger partial charge in [0.05, 0.1) is 36.4 Å². The lowest BCUT2D eigenvalue weighted by atomic mass is 9.56. The molecule has 3 saturated heterocycles. The molecule has 12 heteroatoms. The first-order chi connectivity index (χ1) is 23.5. The van der Waals surface area contributed by atoms with Crippen molar-refractivity contribution >= 4 is 63.9 Å². The third-order valence-electron chi connectivity index (χ3n) is 10.9. The molecule has 6 unspecified atom stereocenters. The molecule has 0 spiro atoms. The number of nitrogens with zero attached hydrogens (tertiary/aromatic N) is 3. The number of allylic oxidation sites excluding steroid dienone is 2. The van der Waals surface area contributed by atoms with Gasteiger partial charge in [0.15, 0.2) is 9.75 Å². The summed E-state index contributed by atoms with van der Waals surface area (Å²) < 4.78 is 19.3. The second kappa shape index (κ2) is 11.4. The van der Waals surface area contributed by atoms with E-state index in [4.69, 9.17) is 27.9 Å². The van der Waals surface area contributed by atoms with Crippen molar-refractivity contribution in [2.24, 2.45) is 17.8 Å². The van der Waals surface area contributed by atoms with Crippen LogP contribution in [0.1, 0.15) is 29.9 Å². The van der Waals surface area contributed by atoms with Crippen LogP contribution in [0.2, 0.25) is 0 Å². The monoisotopic (exact) mass is 703 g/mol. The summed E-state index contributed by atoms with van der Waals surface area (Å²) in [7, 11) is 0. The maximum Gasteiger partial charge on any atom is 0.258 e. The maximum atomic E-state index is 14.5. The number of imide groups is 2. The van der Waals surface area contributed by atoms with Crippen molar-refractivity contribution < 1.29 is 33.4 Å². The summed E-state index contributed by atoms with van der Waals surface area (Å²) in [6, 6.07) is 17.0. The topological polar surface area (TPSA) is 107 Å². The number of halogens is 3. The number of anilines is 3. The first-order valence-electron chi connectivity index (χ1n) is 16.3. The summed E-state index contributed by atoms with van der Waals surface area (Å²) in [5.41, 5.74) is 3.21. The summed E-state index contributed by atoms with van der Waals surface area (Å²) in [6.45, 7) is 4.43. The number of rotatable bonds is 4. The summed E-state index contributed by atoms with van der Waals surface area (Å²) in [5.74, 6) is -6.07. The highest BCUT2D eigenvalue weighted by Gasteiger charge is 2.76. The minimum absolute atomic E-state index is 0.0307. The number of benzene rings is 3. The van der Waals surface area contributed by atoms with Crippen LogP contribution in [-0.2, 0) is 23.9 Å². The Kier molecular flexibility index (Phi) is 7.44. The molecule has 2 aliphatic carbocycles. The predicted octanol–water partition coefficient (Wildman–Crippen LogP) is 5.44. The number of morpholine rings is 1. The summed E-state index contributed by atoms with van der Waals surface area (Å²) in [6.07, 6.45) is 1.92. The SMILES string of the molecule is Cc1cc(C2C3=CCC4C(=O)N(c5ccc(N6CCOCC6)cc5)C(=O)C4C3CC3(Cl)C(=O)N(c4ccc(F)cc4)C(=O)C23Cl)ccc1O. The number of carbonyl (C=O) groups excluding carboxylic acids is 4. The standard InChI is InChI=1S/C37H32Cl2FN3O6/c1-20-18-21(2-13-29(20)44)31-26-11-12-27-30(33(46)42(32(27)45)24-9-7-23(8-10-24)41-14-16-49-17-15-41)28(26)19-36(38)34(47)43(35(48)37(31,36)39)25-5-3-22(40)4-6-25/h2-11,13,18,27-28,30-31,44H,12,14-17,19H2,1H3. The summed E-state index contributed by atoms with van der Waals surface area (Å²) >= 11 is 14.8. The van der Waals surface area contributed by atoms with Gasteiger partial charge in [-0.15, -0.1) is 23.2 Å². The number of phenols is 1. The highest BCUT2D eigenvalue weighted by atomic mass is 35.5. The number of amides is 4. The van der Waals surface area contributed by atoms with Crippen molar-refractivity contribution in [3.05, 3.63) is 95.3 Å². The Hall–Kier alpha value is -4.25. The lowest BCUT2D eigenvalue weighted by molar-refractivity contribution is -0.125. The van der Waals surface area contributed by atoms with Gasteiger partial charge in [0.2, 0.25) is 11.8 Å². The van der Waals surface area contributed by atoms with Crippen LogP contribution in [0.5, 0.6) is 5.75 Å². The number of phenolic OH excluding ortho intramolecular Hbond substituents is 1. The minimum atomic E-state index is -2.04. The fourth-order valence-corrected chi connectivity index (χ4v) is 9.45. The summed E-state index contributed by atoms with van der Waals surface area (Å²) in [5, 5.41) is 10.4. The van der Waals surface area contributed by atoms with E-state index in [1.54, 1.807) is 31.2 Å². The van der Waals surface area contributed by atoms with Crippen LogP contribution in [0, 0.1) is 30.5 Å². The Labute approximate surface area is 291 Å². The summed E-state index contributed by atoms with van der Waals surface area (Å²) in [4.78, 5) is 57.5. The second-order valence-electron chi connectivity index (χ2n) is 13.4. The zero-order valence-corrected chi connectivity index (χ0v) is 28.0. The number of aromatic hydroxyl groups is 1. The van der Waals surface area contributed by atoms with E-state index in [2.05, 4.69) is 4.90 Å². The second-order valence-corrected chi connectivity index (χ2v) is 14.7. The van der Waals surface area contributed by atoms with Crippen LogP contribution in [0.4, 0.5) is 21.5 Å². The highest BCUT2D eigenvalue weighted by molar-refractivity contribution is 6.58. The van der Waals surface area contributed by atoms with E-state index in [1.165, 1.54) is 23.1 Å². The number of carbonyl (C=O) groups is 4. The quantitative estimate of drug-likeness (QED) is 0.219. The molecule has 0 radical (unpaired) electrons. The lowest BCUT2D eigenvalue weighted by Gasteiger charge is -2.50. The number of fused-ring (bicyclic) bond motifs is 4. The van der Waals surface area contributed by atoms with Gasteiger partial charge in [-0.3, -0.25) is 24.1 Å². The van der Waals surface area contributed by atoms with Gasteiger partial charge in [-0.1, -0.05) is 23.8 Å². The molecule has 3 aliphatic heterocycles. The average Bonchev–Trinajstić information content (AvgIpc) is 3.44. The first kappa shape index (κ1) is 32.0. The van der Waals surface area contributed by atoms with E-state index in [0.717, 1.165) is 35.8 Å². The van der Waals surface area contributed by atoms with E-state index in [-0.39, 0.29) is 30.2 Å². The van der Waals surface area contributed by atoms with Crippen molar-refractivity contribution in [3.8, 4) is 5.75 Å². The molecule has 5 aliphatic rings. The van der Waals surface area contributed by atoms with Gasteiger partial charge in [-0.05, 0) is 91.4 Å². The van der Waals surface area contributed by atoms with Crippen molar-refractivity contribution in [1.29, 1.82) is 0 Å². The van der Waals surface area contributed by atoms with Crippen LogP contribution < -0.4 is 14.7 Å². The van der Waals surface area contributed by atoms with E-state index < -0.39 is 57.0 Å². The van der Waals surface area contributed by atoms with Gasteiger partial charge >= 0.3 is 0 Å². The van der Waals surface area contributed by atoms with Crippen molar-refractivity contribution in [3.63, 3.8) is 0 Å². The van der Waals surface area contributed by atoms with Crippen LogP contribution >= 0.6 is 23.2 Å². The largest absolute Gasteiger partial charge is 0.508 e. The Balaban J connectivity index is 1.21. The molecule has 8 rings (SSSR count). The molecule has 3 aromatic rings. The van der Waals surface area contributed by atoms with Crippen molar-refractivity contribution in [2.45, 2.75) is 35.4 Å². The smallest absolute Gasteiger partial charge is 0.258 e. The fraction of sp³-hybridized carbons (Fsp3) is 0.351. The van der Waals surface area contributed by atoms with E-state index in [9.17, 15) is 28.7 Å². The lowest BCUT2D eigenvalue weighted by Crippen LogP contribution is -2.60. The number of hydrogen-bond acceptors (Lipinski definition) is 7.